The van der Waals surface area contributed by atoms with Crippen LogP contribution < -0.4 is 22.5 Å². The number of aliphatic imine (C=N–C) groups is 1. The van der Waals surface area contributed by atoms with Crippen molar-refractivity contribution in [1.82, 2.24) is 5.32 Å². The largest absolute Gasteiger partial charge is 0.370 e. The third-order valence-electron chi connectivity index (χ3n) is 0.875. The number of hydrogen-bond acceptors (Lipinski definition) is 3. The van der Waals surface area contributed by atoms with E-state index in [0.717, 1.165) is 0 Å². The Kier molecular flexibility index (Phi) is 3.67. The zero-order chi connectivity index (χ0) is 10.6. The Bertz CT molecular complexity index is 266. The molecular weight excluding hydrogens is 199 g/mol. The van der Waals surface area contributed by atoms with Crippen molar-refractivity contribution in [3.63, 3.8) is 0 Å². The van der Waals surface area contributed by atoms with E-state index in [9.17, 15) is 4.57 Å². The predicted molar refractivity (Wildman–Crippen MR) is 46.7 cm³/mol. The third-order valence-corrected chi connectivity index (χ3v) is 1.76. The molecule has 0 aromatic heterocycles. The van der Waals surface area contributed by atoms with Gasteiger partial charge in [-0.3, -0.25) is 9.97 Å². The third kappa shape index (κ3) is 5.01. The van der Waals surface area contributed by atoms with Gasteiger partial charge in [0.05, 0.1) is 0 Å². The highest BCUT2D eigenvalue weighted by molar-refractivity contribution is 7.52. The first-order chi connectivity index (χ1) is 5.73. The Balaban J connectivity index is 4.67. The highest BCUT2D eigenvalue weighted by Gasteiger charge is 2.28. The fourth-order valence-corrected chi connectivity index (χ4v) is 1.06. The summed E-state index contributed by atoms with van der Waals surface area (Å²) in [6, 6.07) is 0. The quantitative estimate of drug-likeness (QED) is 0.149. The highest BCUT2D eigenvalue weighted by Crippen LogP contribution is 2.39. The molecule has 1 atom stereocenters. The molecule has 76 valence electrons. The standard InChI is InChI=1S/C3H11N6O3P/c4-1(5)8-3(9-2(6)7)13(10,11)12/h3H,(H4,4,5,8)(H4,6,7,9)(H2,10,11,12). The molecule has 0 aromatic carbocycles. The molecule has 0 aliphatic carbocycles. The molecule has 0 bridgehead atoms. The topological polar surface area (TPSA) is 184 Å². The van der Waals surface area contributed by atoms with Crippen LogP contribution in [0.2, 0.25) is 0 Å². The molecule has 1 unspecified atom stereocenters. The second-order valence-corrected chi connectivity index (χ2v) is 3.74. The van der Waals surface area contributed by atoms with Crippen LogP contribution in [0.5, 0.6) is 0 Å². The smallest absolute Gasteiger partial charge is 0.370 e. The van der Waals surface area contributed by atoms with Crippen molar-refractivity contribution in [3.8, 4) is 0 Å². The average molecular weight is 210 g/mol. The van der Waals surface area contributed by atoms with Crippen LogP contribution in [-0.2, 0) is 4.57 Å². The first-order valence-corrected chi connectivity index (χ1v) is 4.66. The fraction of sp³-hybridized carbons (Fsp3) is 0.333. The summed E-state index contributed by atoms with van der Waals surface area (Å²) < 4.78 is 10.7. The van der Waals surface area contributed by atoms with Crippen LogP contribution in [0.25, 0.3) is 0 Å². The van der Waals surface area contributed by atoms with Crippen LogP contribution in [-0.4, -0.2) is 27.6 Å². The molecule has 0 aliphatic rings. The van der Waals surface area contributed by atoms with E-state index >= 15 is 0 Å². The number of nitrogens with one attached hydrogen (secondary N) is 2. The molecule has 10 heteroatoms. The van der Waals surface area contributed by atoms with Crippen molar-refractivity contribution in [2.45, 2.75) is 5.91 Å². The maximum atomic E-state index is 10.7. The minimum absolute atomic E-state index is 0.512. The SMILES string of the molecule is N=C(N)NC(N=C(N)N)P(=O)(O)O. The minimum atomic E-state index is -4.56. The van der Waals surface area contributed by atoms with Crippen LogP contribution >= 0.6 is 7.60 Å². The summed E-state index contributed by atoms with van der Waals surface area (Å²) in [5, 5.41) is 8.62. The van der Waals surface area contributed by atoms with Crippen LogP contribution in [0.3, 0.4) is 0 Å². The van der Waals surface area contributed by atoms with E-state index in [2.05, 4.69) is 4.99 Å². The molecule has 9 nitrogen and oxygen atoms in total. The summed E-state index contributed by atoms with van der Waals surface area (Å²) in [6.07, 6.45) is 0. The van der Waals surface area contributed by atoms with Gasteiger partial charge >= 0.3 is 7.60 Å². The minimum Gasteiger partial charge on any atom is -0.370 e. The molecular formula is C3H11N6O3P. The lowest BCUT2D eigenvalue weighted by atomic mass is 10.9. The number of nitrogens with two attached hydrogens (primary N) is 3. The average Bonchev–Trinajstić information content (AvgIpc) is 1.81. The number of rotatable bonds is 3. The van der Waals surface area contributed by atoms with Crippen LogP contribution in [0.1, 0.15) is 0 Å². The van der Waals surface area contributed by atoms with Crippen molar-refractivity contribution in [3.05, 3.63) is 0 Å². The molecule has 0 rings (SSSR count). The fourth-order valence-electron chi connectivity index (χ4n) is 0.472. The normalized spacial score (nSPS) is 13.1. The van der Waals surface area contributed by atoms with Crippen molar-refractivity contribution in [2.24, 2.45) is 22.2 Å². The Labute approximate surface area is 73.7 Å². The van der Waals surface area contributed by atoms with Gasteiger partial charge in [0, 0.05) is 0 Å². The molecule has 0 aliphatic heterocycles. The molecule has 0 aromatic rings. The van der Waals surface area contributed by atoms with Gasteiger partial charge in [0.2, 0.25) is 5.91 Å². The Hall–Kier alpha value is -1.31. The van der Waals surface area contributed by atoms with Crippen LogP contribution in [0.4, 0.5) is 0 Å². The molecule has 13 heavy (non-hydrogen) atoms. The van der Waals surface area contributed by atoms with Crippen molar-refractivity contribution < 1.29 is 14.4 Å². The van der Waals surface area contributed by atoms with Crippen molar-refractivity contribution in [2.75, 3.05) is 0 Å². The molecule has 0 saturated heterocycles. The summed E-state index contributed by atoms with van der Waals surface area (Å²) in [4.78, 5) is 20.5. The molecule has 0 fully saturated rings. The predicted octanol–water partition coefficient (Wildman–Crippen LogP) is -2.80. The second-order valence-electron chi connectivity index (χ2n) is 2.07. The summed E-state index contributed by atoms with van der Waals surface area (Å²) in [7, 11) is -4.56. The Morgan fingerprint density at radius 2 is 1.92 bits per heavy atom. The zero-order valence-electron chi connectivity index (χ0n) is 6.51. The van der Waals surface area contributed by atoms with E-state index in [0.29, 0.717) is 0 Å². The van der Waals surface area contributed by atoms with Gasteiger partial charge in [0.25, 0.3) is 0 Å². The van der Waals surface area contributed by atoms with Crippen molar-refractivity contribution >= 4 is 19.5 Å². The summed E-state index contributed by atoms with van der Waals surface area (Å²) >= 11 is 0. The lowest BCUT2D eigenvalue weighted by Gasteiger charge is -2.15. The summed E-state index contributed by atoms with van der Waals surface area (Å²) in [6.45, 7) is 0. The van der Waals surface area contributed by atoms with Gasteiger partial charge < -0.3 is 32.3 Å². The van der Waals surface area contributed by atoms with Crippen molar-refractivity contribution in [1.29, 1.82) is 5.41 Å². The van der Waals surface area contributed by atoms with Gasteiger partial charge in [0.1, 0.15) is 0 Å². The molecule has 10 N–H and O–H groups in total. The number of guanidine groups is 2. The van der Waals surface area contributed by atoms with E-state index in [-0.39, 0.29) is 0 Å². The summed E-state index contributed by atoms with van der Waals surface area (Å²) in [5.41, 5.74) is 14.6. The van der Waals surface area contributed by atoms with Gasteiger partial charge in [0.15, 0.2) is 11.9 Å². The highest BCUT2D eigenvalue weighted by atomic mass is 31.2. The molecule has 0 heterocycles. The summed E-state index contributed by atoms with van der Waals surface area (Å²) in [5.74, 6) is -2.87. The lowest BCUT2D eigenvalue weighted by molar-refractivity contribution is 0.355. The number of hydrogen-bond donors (Lipinski definition) is 7. The van der Waals surface area contributed by atoms with Crippen LogP contribution in [0, 0.1) is 5.41 Å². The zero-order valence-corrected chi connectivity index (χ0v) is 7.40. The molecule has 0 spiro atoms. The van der Waals surface area contributed by atoms with E-state index in [1.807, 2.05) is 5.32 Å². The second kappa shape index (κ2) is 4.08. The first-order valence-electron chi connectivity index (χ1n) is 2.98. The lowest BCUT2D eigenvalue weighted by Crippen LogP contribution is -2.40. The van der Waals surface area contributed by atoms with Gasteiger partial charge in [-0.1, -0.05) is 0 Å². The maximum Gasteiger partial charge on any atom is 0.370 e. The van der Waals surface area contributed by atoms with E-state index in [1.54, 1.807) is 0 Å². The molecule has 0 amide bonds. The van der Waals surface area contributed by atoms with E-state index < -0.39 is 25.4 Å². The van der Waals surface area contributed by atoms with E-state index in [4.69, 9.17) is 32.4 Å². The Morgan fingerprint density at radius 1 is 1.46 bits per heavy atom. The van der Waals surface area contributed by atoms with Crippen LogP contribution in [0.15, 0.2) is 4.99 Å². The molecule has 0 saturated carbocycles. The maximum absolute atomic E-state index is 10.7. The Morgan fingerprint density at radius 3 is 2.15 bits per heavy atom. The van der Waals surface area contributed by atoms with Gasteiger partial charge in [-0.2, -0.15) is 0 Å². The van der Waals surface area contributed by atoms with E-state index in [1.165, 1.54) is 0 Å². The first kappa shape index (κ1) is 11.7. The van der Waals surface area contributed by atoms with Gasteiger partial charge in [-0.05, 0) is 0 Å². The van der Waals surface area contributed by atoms with Gasteiger partial charge in [-0.15, -0.1) is 0 Å². The molecule has 0 radical (unpaired) electrons. The number of nitrogens with zero attached hydrogens (tertiary/aromatic N) is 1. The van der Waals surface area contributed by atoms with Gasteiger partial charge in [-0.25, -0.2) is 4.99 Å². The monoisotopic (exact) mass is 210 g/mol.